The number of benzene rings is 1. The molecule has 3 nitrogen and oxygen atoms in total. The summed E-state index contributed by atoms with van der Waals surface area (Å²) in [7, 11) is 0. The topological polar surface area (TPSA) is 41.5 Å². The Morgan fingerprint density at radius 1 is 1.35 bits per heavy atom. The number of halogens is 1. The zero-order valence-electron chi connectivity index (χ0n) is 9.84. The Morgan fingerprint density at radius 3 is 3.06 bits per heavy atom. The van der Waals surface area contributed by atoms with Gasteiger partial charge in [0, 0.05) is 30.2 Å². The first kappa shape index (κ1) is 12.7. The van der Waals surface area contributed by atoms with Crippen molar-refractivity contribution in [2.75, 3.05) is 19.8 Å². The Morgan fingerprint density at radius 2 is 2.24 bits per heavy atom. The largest absolute Gasteiger partial charge is 0.493 e. The lowest BCUT2D eigenvalue weighted by Crippen LogP contribution is -2.15. The SMILES string of the molecule is OCCCCNCc1cc(Cl)cc2c1OCC2. The number of hydrogen-bond donors (Lipinski definition) is 2. The summed E-state index contributed by atoms with van der Waals surface area (Å²) >= 11 is 6.07. The second-order valence-corrected chi connectivity index (χ2v) is 4.70. The highest BCUT2D eigenvalue weighted by Gasteiger charge is 2.16. The first-order chi connectivity index (χ1) is 8.31. The molecule has 0 aromatic heterocycles. The van der Waals surface area contributed by atoms with Crippen molar-refractivity contribution in [3.63, 3.8) is 0 Å². The highest BCUT2D eigenvalue weighted by Crippen LogP contribution is 2.32. The van der Waals surface area contributed by atoms with E-state index in [9.17, 15) is 0 Å². The lowest BCUT2D eigenvalue weighted by atomic mass is 10.1. The van der Waals surface area contributed by atoms with Crippen LogP contribution in [0.5, 0.6) is 5.75 Å². The van der Waals surface area contributed by atoms with Gasteiger partial charge in [-0.05, 0) is 37.1 Å². The summed E-state index contributed by atoms with van der Waals surface area (Å²) in [6, 6.07) is 3.95. The van der Waals surface area contributed by atoms with Gasteiger partial charge in [-0.3, -0.25) is 0 Å². The molecule has 0 aliphatic carbocycles. The van der Waals surface area contributed by atoms with Crippen molar-refractivity contribution < 1.29 is 9.84 Å². The number of unbranched alkanes of at least 4 members (excludes halogenated alkanes) is 1. The number of nitrogens with one attached hydrogen (secondary N) is 1. The van der Waals surface area contributed by atoms with E-state index in [1.165, 1.54) is 5.56 Å². The molecule has 0 bridgehead atoms. The quantitative estimate of drug-likeness (QED) is 0.766. The van der Waals surface area contributed by atoms with Gasteiger partial charge in [-0.15, -0.1) is 0 Å². The van der Waals surface area contributed by atoms with Crippen LogP contribution in [-0.4, -0.2) is 24.9 Å². The third kappa shape index (κ3) is 3.35. The van der Waals surface area contributed by atoms with E-state index in [-0.39, 0.29) is 6.61 Å². The van der Waals surface area contributed by atoms with E-state index in [4.69, 9.17) is 21.4 Å². The van der Waals surface area contributed by atoms with Crippen LogP contribution >= 0.6 is 11.6 Å². The minimum atomic E-state index is 0.261. The van der Waals surface area contributed by atoms with E-state index >= 15 is 0 Å². The zero-order chi connectivity index (χ0) is 12.1. The van der Waals surface area contributed by atoms with Crippen molar-refractivity contribution in [1.82, 2.24) is 5.32 Å². The van der Waals surface area contributed by atoms with Crippen LogP contribution in [-0.2, 0) is 13.0 Å². The van der Waals surface area contributed by atoms with Crippen molar-refractivity contribution >= 4 is 11.6 Å². The van der Waals surface area contributed by atoms with Crippen LogP contribution < -0.4 is 10.1 Å². The Kier molecular flexibility index (Phi) is 4.66. The van der Waals surface area contributed by atoms with Crippen molar-refractivity contribution in [2.24, 2.45) is 0 Å². The smallest absolute Gasteiger partial charge is 0.127 e. The summed E-state index contributed by atoms with van der Waals surface area (Å²) in [5, 5.41) is 12.8. The average molecular weight is 256 g/mol. The molecule has 17 heavy (non-hydrogen) atoms. The van der Waals surface area contributed by atoms with Gasteiger partial charge in [0.25, 0.3) is 0 Å². The third-order valence-electron chi connectivity index (χ3n) is 2.90. The number of aliphatic hydroxyl groups is 1. The minimum absolute atomic E-state index is 0.261. The van der Waals surface area contributed by atoms with Gasteiger partial charge < -0.3 is 15.2 Å². The van der Waals surface area contributed by atoms with Gasteiger partial charge in [0.1, 0.15) is 5.75 Å². The Bertz CT molecular complexity index is 382. The molecule has 2 N–H and O–H groups in total. The second-order valence-electron chi connectivity index (χ2n) is 4.26. The minimum Gasteiger partial charge on any atom is -0.493 e. The standard InChI is InChI=1S/C13H18ClNO2/c14-12-7-10-3-6-17-13(10)11(8-12)9-15-4-1-2-5-16/h7-8,15-16H,1-6,9H2. The summed E-state index contributed by atoms with van der Waals surface area (Å²) < 4.78 is 5.62. The van der Waals surface area contributed by atoms with Gasteiger partial charge in [-0.2, -0.15) is 0 Å². The Hall–Kier alpha value is -0.770. The molecule has 1 heterocycles. The summed E-state index contributed by atoms with van der Waals surface area (Å²) in [6.07, 6.45) is 2.78. The highest BCUT2D eigenvalue weighted by molar-refractivity contribution is 6.30. The fourth-order valence-electron chi connectivity index (χ4n) is 2.06. The molecule has 2 rings (SSSR count). The molecule has 0 amide bonds. The summed E-state index contributed by atoms with van der Waals surface area (Å²) in [6.45, 7) is 2.70. The molecule has 4 heteroatoms. The summed E-state index contributed by atoms with van der Waals surface area (Å²) in [4.78, 5) is 0. The molecular weight excluding hydrogens is 238 g/mol. The molecule has 1 aliphatic heterocycles. The Labute approximate surface area is 107 Å². The number of ether oxygens (including phenoxy) is 1. The third-order valence-corrected chi connectivity index (χ3v) is 3.12. The van der Waals surface area contributed by atoms with Crippen LogP contribution in [0.3, 0.4) is 0 Å². The zero-order valence-corrected chi connectivity index (χ0v) is 10.6. The molecule has 94 valence electrons. The maximum atomic E-state index is 8.68. The van der Waals surface area contributed by atoms with Crippen molar-refractivity contribution in [1.29, 1.82) is 0 Å². The van der Waals surface area contributed by atoms with Gasteiger partial charge in [0.15, 0.2) is 0 Å². The molecule has 1 aromatic carbocycles. The van der Waals surface area contributed by atoms with Gasteiger partial charge in [0.05, 0.1) is 6.61 Å². The molecular formula is C13H18ClNO2. The van der Waals surface area contributed by atoms with E-state index < -0.39 is 0 Å². The molecule has 1 aliphatic rings. The van der Waals surface area contributed by atoms with E-state index in [1.807, 2.05) is 12.1 Å². The first-order valence-electron chi connectivity index (χ1n) is 6.07. The van der Waals surface area contributed by atoms with Gasteiger partial charge in [-0.25, -0.2) is 0 Å². The average Bonchev–Trinajstić information content (AvgIpc) is 2.76. The normalized spacial score (nSPS) is 13.5. The fraction of sp³-hybridized carbons (Fsp3) is 0.538. The van der Waals surface area contributed by atoms with Crippen molar-refractivity contribution in [3.05, 3.63) is 28.3 Å². The van der Waals surface area contributed by atoms with E-state index in [0.717, 1.165) is 55.3 Å². The molecule has 0 radical (unpaired) electrons. The van der Waals surface area contributed by atoms with Gasteiger partial charge in [-0.1, -0.05) is 11.6 Å². The number of hydrogen-bond acceptors (Lipinski definition) is 3. The van der Waals surface area contributed by atoms with E-state index in [0.29, 0.717) is 0 Å². The van der Waals surface area contributed by atoms with Gasteiger partial charge >= 0.3 is 0 Å². The summed E-state index contributed by atoms with van der Waals surface area (Å²) in [5.41, 5.74) is 2.35. The van der Waals surface area contributed by atoms with Crippen LogP contribution in [0, 0.1) is 0 Å². The predicted octanol–water partition coefficient (Wildman–Crippen LogP) is 2.14. The second kappa shape index (κ2) is 6.24. The van der Waals surface area contributed by atoms with E-state index in [2.05, 4.69) is 5.32 Å². The molecule has 0 saturated heterocycles. The molecule has 0 unspecified atom stereocenters. The summed E-state index contributed by atoms with van der Waals surface area (Å²) in [5.74, 6) is 1.00. The lowest BCUT2D eigenvalue weighted by Gasteiger charge is -2.10. The highest BCUT2D eigenvalue weighted by atomic mass is 35.5. The lowest BCUT2D eigenvalue weighted by molar-refractivity contribution is 0.283. The monoisotopic (exact) mass is 255 g/mol. The molecule has 1 aromatic rings. The molecule has 0 fully saturated rings. The van der Waals surface area contributed by atoms with Crippen molar-refractivity contribution in [3.8, 4) is 5.75 Å². The predicted molar refractivity (Wildman–Crippen MR) is 68.7 cm³/mol. The fourth-order valence-corrected chi connectivity index (χ4v) is 2.33. The molecule has 0 atom stereocenters. The van der Waals surface area contributed by atoms with E-state index in [1.54, 1.807) is 0 Å². The number of rotatable bonds is 6. The number of fused-ring (bicyclic) bond motifs is 1. The van der Waals surface area contributed by atoms with Crippen LogP contribution in [0.2, 0.25) is 5.02 Å². The van der Waals surface area contributed by atoms with Crippen LogP contribution in [0.25, 0.3) is 0 Å². The maximum absolute atomic E-state index is 8.68. The molecule has 0 spiro atoms. The van der Waals surface area contributed by atoms with Crippen LogP contribution in [0.1, 0.15) is 24.0 Å². The van der Waals surface area contributed by atoms with Gasteiger partial charge in [0.2, 0.25) is 0 Å². The number of aliphatic hydroxyl groups excluding tert-OH is 1. The van der Waals surface area contributed by atoms with Crippen LogP contribution in [0.15, 0.2) is 12.1 Å². The first-order valence-corrected chi connectivity index (χ1v) is 6.44. The van der Waals surface area contributed by atoms with Crippen LogP contribution in [0.4, 0.5) is 0 Å². The molecule has 0 saturated carbocycles. The van der Waals surface area contributed by atoms with Crippen molar-refractivity contribution in [2.45, 2.75) is 25.8 Å². The maximum Gasteiger partial charge on any atom is 0.127 e. The Balaban J connectivity index is 1.92.